The van der Waals surface area contributed by atoms with E-state index in [2.05, 4.69) is 48.1 Å². The second kappa shape index (κ2) is 9.79. The lowest BCUT2D eigenvalue weighted by Crippen LogP contribution is -2.26. The van der Waals surface area contributed by atoms with Crippen molar-refractivity contribution in [3.63, 3.8) is 0 Å². The molecule has 5 rings (SSSR count). The fourth-order valence-electron chi connectivity index (χ4n) is 4.06. The minimum absolute atomic E-state index is 0.174. The first kappa shape index (κ1) is 22.3. The number of aryl methyl sites for hydroxylation is 2. The standard InChI is InChI=1S/C23H25N11O/c1-3-7-17-15-33(22-27-30-31-34(22)12-4-2)23(35)32(17)14-16-10-11-20(24-13-16)18-8-5-6-9-19(18)21-25-28-29-26-21/h5-6,8-11,13,15H,3-4,7,12,14H2,1-2H3,(H,25,26,28,29). The van der Waals surface area contributed by atoms with Crippen molar-refractivity contribution in [2.24, 2.45) is 0 Å². The van der Waals surface area contributed by atoms with Crippen LogP contribution in [0, 0.1) is 0 Å². The first-order valence-corrected chi connectivity index (χ1v) is 11.5. The molecule has 35 heavy (non-hydrogen) atoms. The molecule has 4 aromatic heterocycles. The predicted molar refractivity (Wildman–Crippen MR) is 128 cm³/mol. The lowest BCUT2D eigenvalue weighted by atomic mass is 10.0. The van der Waals surface area contributed by atoms with Crippen molar-refractivity contribution in [2.45, 2.75) is 46.2 Å². The second-order valence-electron chi connectivity index (χ2n) is 8.14. The molecule has 5 aromatic rings. The summed E-state index contributed by atoms with van der Waals surface area (Å²) >= 11 is 0. The number of hydrogen-bond acceptors (Lipinski definition) is 8. The van der Waals surface area contributed by atoms with Gasteiger partial charge < -0.3 is 0 Å². The number of benzene rings is 1. The highest BCUT2D eigenvalue weighted by Crippen LogP contribution is 2.28. The molecule has 0 atom stereocenters. The highest BCUT2D eigenvalue weighted by molar-refractivity contribution is 5.78. The molecule has 0 aliphatic rings. The van der Waals surface area contributed by atoms with E-state index in [4.69, 9.17) is 0 Å². The van der Waals surface area contributed by atoms with Crippen molar-refractivity contribution >= 4 is 0 Å². The van der Waals surface area contributed by atoms with Crippen LogP contribution in [-0.2, 0) is 19.5 Å². The average molecular weight is 472 g/mol. The summed E-state index contributed by atoms with van der Waals surface area (Å²) in [6.07, 6.45) is 6.17. The Morgan fingerprint density at radius 1 is 1.00 bits per heavy atom. The molecule has 0 radical (unpaired) electrons. The van der Waals surface area contributed by atoms with Crippen LogP contribution in [0.3, 0.4) is 0 Å². The number of hydrogen-bond donors (Lipinski definition) is 1. The van der Waals surface area contributed by atoms with Crippen molar-refractivity contribution in [3.8, 4) is 28.6 Å². The molecule has 1 aromatic carbocycles. The lowest BCUT2D eigenvalue weighted by molar-refractivity contribution is 0.562. The Morgan fingerprint density at radius 2 is 1.86 bits per heavy atom. The maximum atomic E-state index is 13.4. The summed E-state index contributed by atoms with van der Waals surface area (Å²) < 4.78 is 4.95. The van der Waals surface area contributed by atoms with Crippen molar-refractivity contribution in [3.05, 3.63) is 70.5 Å². The molecule has 0 fully saturated rings. The average Bonchev–Trinajstić information content (AvgIpc) is 3.63. The minimum Gasteiger partial charge on any atom is -0.291 e. The summed E-state index contributed by atoms with van der Waals surface area (Å²) in [5.41, 5.74) is 4.19. The Kier molecular flexibility index (Phi) is 6.24. The van der Waals surface area contributed by atoms with E-state index in [0.29, 0.717) is 24.9 Å². The molecule has 178 valence electrons. The zero-order valence-electron chi connectivity index (χ0n) is 19.5. The summed E-state index contributed by atoms with van der Waals surface area (Å²) in [5.74, 6) is 0.938. The zero-order valence-corrected chi connectivity index (χ0v) is 19.5. The van der Waals surface area contributed by atoms with Crippen LogP contribution in [0.5, 0.6) is 0 Å². The zero-order chi connectivity index (χ0) is 24.2. The first-order chi connectivity index (χ1) is 17.2. The highest BCUT2D eigenvalue weighted by Gasteiger charge is 2.18. The molecule has 0 bridgehead atoms. The van der Waals surface area contributed by atoms with Gasteiger partial charge in [0, 0.05) is 35.8 Å². The van der Waals surface area contributed by atoms with Gasteiger partial charge in [0.2, 0.25) is 5.82 Å². The van der Waals surface area contributed by atoms with Gasteiger partial charge in [-0.2, -0.15) is 5.21 Å². The molecule has 1 N–H and O–H groups in total. The second-order valence-corrected chi connectivity index (χ2v) is 8.14. The van der Waals surface area contributed by atoms with Crippen LogP contribution in [0.4, 0.5) is 0 Å². The topological polar surface area (TPSA) is 138 Å². The van der Waals surface area contributed by atoms with Crippen LogP contribution < -0.4 is 5.69 Å². The first-order valence-electron chi connectivity index (χ1n) is 11.5. The molecular weight excluding hydrogens is 446 g/mol. The number of imidazole rings is 1. The van der Waals surface area contributed by atoms with Crippen LogP contribution in [0.25, 0.3) is 28.6 Å². The van der Waals surface area contributed by atoms with Crippen LogP contribution in [0.2, 0.25) is 0 Å². The summed E-state index contributed by atoms with van der Waals surface area (Å²) in [5, 5.41) is 26.2. The fourth-order valence-corrected chi connectivity index (χ4v) is 4.06. The van der Waals surface area contributed by atoms with Gasteiger partial charge in [-0.1, -0.05) is 55.7 Å². The minimum atomic E-state index is -0.174. The van der Waals surface area contributed by atoms with Gasteiger partial charge in [0.1, 0.15) is 0 Å². The van der Waals surface area contributed by atoms with Gasteiger partial charge in [0.15, 0.2) is 0 Å². The maximum absolute atomic E-state index is 13.4. The molecule has 12 nitrogen and oxygen atoms in total. The molecule has 0 unspecified atom stereocenters. The fraction of sp³-hybridized carbons (Fsp3) is 0.304. The Labute approximate surface area is 200 Å². The summed E-state index contributed by atoms with van der Waals surface area (Å²) in [4.78, 5) is 18.0. The predicted octanol–water partition coefficient (Wildman–Crippen LogP) is 2.28. The third-order valence-electron chi connectivity index (χ3n) is 5.69. The molecule has 0 saturated carbocycles. The molecule has 0 spiro atoms. The molecule has 4 heterocycles. The van der Waals surface area contributed by atoms with Crippen molar-refractivity contribution in [1.29, 1.82) is 0 Å². The molecule has 0 saturated heterocycles. The Hall–Kier alpha value is -4.48. The van der Waals surface area contributed by atoms with Crippen molar-refractivity contribution in [1.82, 2.24) is 54.9 Å². The lowest BCUT2D eigenvalue weighted by Gasteiger charge is -2.09. The summed E-state index contributed by atoms with van der Waals surface area (Å²) in [6, 6.07) is 11.7. The smallest absolute Gasteiger partial charge is 0.291 e. The van der Waals surface area contributed by atoms with Gasteiger partial charge in [0.25, 0.3) is 5.95 Å². The summed E-state index contributed by atoms with van der Waals surface area (Å²) in [6.45, 7) is 5.17. The number of H-pyrrole nitrogens is 1. The molecule has 0 aliphatic carbocycles. The number of aromatic amines is 1. The number of tetrazole rings is 2. The van der Waals surface area contributed by atoms with Crippen molar-refractivity contribution in [2.75, 3.05) is 0 Å². The van der Waals surface area contributed by atoms with E-state index in [9.17, 15) is 4.79 Å². The summed E-state index contributed by atoms with van der Waals surface area (Å²) in [7, 11) is 0. The maximum Gasteiger partial charge on any atom is 0.335 e. The van der Waals surface area contributed by atoms with E-state index < -0.39 is 0 Å². The van der Waals surface area contributed by atoms with Crippen LogP contribution in [-0.4, -0.2) is 54.9 Å². The van der Waals surface area contributed by atoms with Crippen molar-refractivity contribution < 1.29 is 0 Å². The van der Waals surface area contributed by atoms with Crippen LogP contribution in [0.1, 0.15) is 37.9 Å². The van der Waals surface area contributed by atoms with E-state index in [-0.39, 0.29) is 5.69 Å². The van der Waals surface area contributed by atoms with Crippen LogP contribution >= 0.6 is 0 Å². The van der Waals surface area contributed by atoms with Gasteiger partial charge in [0.05, 0.1) is 12.2 Å². The monoisotopic (exact) mass is 471 g/mol. The quantitative estimate of drug-likeness (QED) is 0.346. The van der Waals surface area contributed by atoms with E-state index in [1.54, 1.807) is 15.4 Å². The molecular formula is C23H25N11O. The number of pyridine rings is 1. The molecule has 0 amide bonds. The van der Waals surface area contributed by atoms with Gasteiger partial charge in [-0.25, -0.2) is 14.0 Å². The van der Waals surface area contributed by atoms with Gasteiger partial charge in [-0.15, -0.1) is 10.2 Å². The Morgan fingerprint density at radius 3 is 2.57 bits per heavy atom. The molecule has 0 aliphatic heterocycles. The largest absolute Gasteiger partial charge is 0.335 e. The van der Waals surface area contributed by atoms with E-state index in [1.165, 1.54) is 4.57 Å². The SMILES string of the molecule is CCCc1cn(-c2nnnn2CCC)c(=O)n1Cc1ccc(-c2ccccc2-c2nn[nH]n2)nc1. The number of rotatable bonds is 9. The van der Waals surface area contributed by atoms with Gasteiger partial charge in [-0.05, 0) is 40.1 Å². The molecule has 12 heteroatoms. The Balaban J connectivity index is 1.46. The van der Waals surface area contributed by atoms with E-state index in [1.807, 2.05) is 49.5 Å². The third-order valence-corrected chi connectivity index (χ3v) is 5.69. The number of aromatic nitrogens is 11. The highest BCUT2D eigenvalue weighted by atomic mass is 16.2. The number of nitrogens with one attached hydrogen (secondary N) is 1. The van der Waals surface area contributed by atoms with E-state index in [0.717, 1.165) is 47.3 Å². The van der Waals surface area contributed by atoms with E-state index >= 15 is 0 Å². The Bertz CT molecular complexity index is 1460. The van der Waals surface area contributed by atoms with Gasteiger partial charge in [-0.3, -0.25) is 9.55 Å². The van der Waals surface area contributed by atoms with Crippen LogP contribution in [0.15, 0.2) is 53.6 Å². The normalized spacial score (nSPS) is 11.3. The van der Waals surface area contributed by atoms with Gasteiger partial charge >= 0.3 is 5.69 Å². The third kappa shape index (κ3) is 4.37. The number of nitrogens with zero attached hydrogens (tertiary/aromatic N) is 10.